The van der Waals surface area contributed by atoms with Crippen molar-refractivity contribution in [2.45, 2.75) is 39.8 Å². The molecule has 6 nitrogen and oxygen atoms in total. The maximum atomic E-state index is 12.9. The van der Waals surface area contributed by atoms with Crippen molar-refractivity contribution < 1.29 is 14.3 Å². The molecule has 0 spiro atoms. The van der Waals surface area contributed by atoms with Crippen LogP contribution in [0.5, 0.6) is 0 Å². The van der Waals surface area contributed by atoms with Crippen molar-refractivity contribution in [3.8, 4) is 0 Å². The Kier molecular flexibility index (Phi) is 8.01. The molecule has 33 heavy (non-hydrogen) atoms. The fourth-order valence-corrected chi connectivity index (χ4v) is 4.02. The molecule has 0 saturated carbocycles. The summed E-state index contributed by atoms with van der Waals surface area (Å²) in [6.45, 7) is 8.15. The summed E-state index contributed by atoms with van der Waals surface area (Å²) in [5.41, 5.74) is 3.76. The van der Waals surface area contributed by atoms with Gasteiger partial charge in [-0.25, -0.2) is 4.79 Å². The number of nitrogens with one attached hydrogen (secondary N) is 2. The van der Waals surface area contributed by atoms with Crippen LogP contribution in [0.15, 0.2) is 71.9 Å². The Hall–Kier alpha value is -3.45. The molecule has 1 aliphatic heterocycles. The van der Waals surface area contributed by atoms with Crippen molar-refractivity contribution in [1.29, 1.82) is 0 Å². The average Bonchev–Trinajstić information content (AvgIpc) is 2.78. The first-order chi connectivity index (χ1) is 15.8. The second kappa shape index (κ2) is 10.9. The van der Waals surface area contributed by atoms with Gasteiger partial charge >= 0.3 is 5.97 Å². The Morgan fingerprint density at radius 2 is 1.82 bits per heavy atom. The maximum Gasteiger partial charge on any atom is 0.338 e. The Bertz CT molecular complexity index is 1080. The molecule has 0 saturated heterocycles. The van der Waals surface area contributed by atoms with Crippen LogP contribution in [0.25, 0.3) is 6.08 Å². The molecule has 172 valence electrons. The lowest BCUT2D eigenvalue weighted by atomic mass is 9.94. The van der Waals surface area contributed by atoms with E-state index in [9.17, 15) is 9.59 Å². The van der Waals surface area contributed by atoms with Crippen LogP contribution in [0, 0.1) is 0 Å². The van der Waals surface area contributed by atoms with E-state index in [4.69, 9.17) is 17.0 Å². The lowest BCUT2D eigenvalue weighted by Crippen LogP contribution is -2.47. The SMILES string of the molecule is CCN1C(=S)N[C@@H](c2ccc(NC(=O)/C=C/c3ccccc3)cc2)C(C(=O)OC(C)C)=C1C. The Labute approximate surface area is 200 Å². The van der Waals surface area contributed by atoms with Crippen molar-refractivity contribution in [3.63, 3.8) is 0 Å². The van der Waals surface area contributed by atoms with Gasteiger partial charge in [-0.3, -0.25) is 4.79 Å². The third-order valence-corrected chi connectivity index (χ3v) is 5.55. The fourth-order valence-electron chi connectivity index (χ4n) is 3.63. The minimum Gasteiger partial charge on any atom is -0.459 e. The number of hydrogen-bond donors (Lipinski definition) is 2. The zero-order valence-electron chi connectivity index (χ0n) is 19.3. The first-order valence-corrected chi connectivity index (χ1v) is 11.3. The molecular weight excluding hydrogens is 434 g/mol. The van der Waals surface area contributed by atoms with Gasteiger partial charge in [0, 0.05) is 24.0 Å². The molecule has 7 heteroatoms. The number of carbonyl (C=O) groups is 2. The van der Waals surface area contributed by atoms with Crippen molar-refractivity contribution in [2.75, 3.05) is 11.9 Å². The van der Waals surface area contributed by atoms with Crippen molar-refractivity contribution in [3.05, 3.63) is 83.1 Å². The van der Waals surface area contributed by atoms with E-state index in [1.54, 1.807) is 18.2 Å². The van der Waals surface area contributed by atoms with Crippen LogP contribution < -0.4 is 10.6 Å². The number of rotatable bonds is 7. The normalized spacial score (nSPS) is 16.2. The molecule has 0 fully saturated rings. The van der Waals surface area contributed by atoms with E-state index >= 15 is 0 Å². The summed E-state index contributed by atoms with van der Waals surface area (Å²) in [5, 5.41) is 6.68. The number of ether oxygens (including phenoxy) is 1. The topological polar surface area (TPSA) is 70.7 Å². The minimum absolute atomic E-state index is 0.223. The molecule has 2 aromatic carbocycles. The van der Waals surface area contributed by atoms with Crippen LogP contribution in [0.1, 0.15) is 44.9 Å². The summed E-state index contributed by atoms with van der Waals surface area (Å²) >= 11 is 5.52. The van der Waals surface area contributed by atoms with Crippen molar-refractivity contribution in [1.82, 2.24) is 10.2 Å². The maximum absolute atomic E-state index is 12.9. The van der Waals surface area contributed by atoms with Gasteiger partial charge in [-0.05, 0) is 69.2 Å². The second-order valence-corrected chi connectivity index (χ2v) is 8.32. The number of nitrogens with zero attached hydrogens (tertiary/aromatic N) is 1. The first kappa shape index (κ1) is 24.2. The molecule has 0 bridgehead atoms. The van der Waals surface area contributed by atoms with Gasteiger partial charge < -0.3 is 20.3 Å². The van der Waals surface area contributed by atoms with E-state index < -0.39 is 6.04 Å². The molecule has 2 N–H and O–H groups in total. The van der Waals surface area contributed by atoms with E-state index in [0.717, 1.165) is 16.8 Å². The molecule has 1 atom stereocenters. The summed E-state index contributed by atoms with van der Waals surface area (Å²) in [4.78, 5) is 27.1. The molecular formula is C26H29N3O3S. The number of carbonyl (C=O) groups excluding carboxylic acids is 2. The lowest BCUT2D eigenvalue weighted by molar-refractivity contribution is -0.143. The summed E-state index contributed by atoms with van der Waals surface area (Å²) in [7, 11) is 0. The monoisotopic (exact) mass is 463 g/mol. The quantitative estimate of drug-likeness (QED) is 0.349. The highest BCUT2D eigenvalue weighted by molar-refractivity contribution is 7.80. The highest BCUT2D eigenvalue weighted by Crippen LogP contribution is 2.32. The van der Waals surface area contributed by atoms with E-state index in [-0.39, 0.29) is 18.0 Å². The Balaban J connectivity index is 1.79. The van der Waals surface area contributed by atoms with Crippen LogP contribution >= 0.6 is 12.2 Å². The highest BCUT2D eigenvalue weighted by Gasteiger charge is 2.34. The number of allylic oxidation sites excluding steroid dienone is 1. The number of hydrogen-bond acceptors (Lipinski definition) is 4. The molecule has 0 aromatic heterocycles. The summed E-state index contributed by atoms with van der Waals surface area (Å²) < 4.78 is 5.51. The third-order valence-electron chi connectivity index (χ3n) is 5.21. The van der Waals surface area contributed by atoms with Gasteiger partial charge in [0.25, 0.3) is 0 Å². The zero-order valence-corrected chi connectivity index (χ0v) is 20.1. The smallest absolute Gasteiger partial charge is 0.338 e. The Morgan fingerprint density at radius 1 is 1.15 bits per heavy atom. The summed E-state index contributed by atoms with van der Waals surface area (Å²) in [6.07, 6.45) is 3.02. The first-order valence-electron chi connectivity index (χ1n) is 10.9. The van der Waals surface area contributed by atoms with Gasteiger partial charge in [-0.2, -0.15) is 0 Å². The minimum atomic E-state index is -0.436. The van der Waals surface area contributed by atoms with E-state index in [1.807, 2.05) is 75.1 Å². The Morgan fingerprint density at radius 3 is 2.42 bits per heavy atom. The van der Waals surface area contributed by atoms with E-state index in [2.05, 4.69) is 10.6 Å². The lowest BCUT2D eigenvalue weighted by Gasteiger charge is -2.37. The van der Waals surface area contributed by atoms with Gasteiger partial charge in [-0.1, -0.05) is 42.5 Å². The number of amides is 1. The van der Waals surface area contributed by atoms with Gasteiger partial charge in [0.15, 0.2) is 5.11 Å². The van der Waals surface area contributed by atoms with Crippen molar-refractivity contribution >= 4 is 41.0 Å². The standard InChI is InChI=1S/C26H29N3O3S/c1-5-29-18(4)23(25(31)32-17(2)3)24(28-26(29)33)20-12-14-21(15-13-20)27-22(30)16-11-19-9-7-6-8-10-19/h6-17,24H,5H2,1-4H3,(H,27,30)(H,28,33)/b16-11+/t24-/m0/s1. The average molecular weight is 464 g/mol. The van der Waals surface area contributed by atoms with Gasteiger partial charge in [0.05, 0.1) is 17.7 Å². The van der Waals surface area contributed by atoms with Crippen LogP contribution in [-0.2, 0) is 14.3 Å². The molecule has 0 radical (unpaired) electrons. The molecule has 1 amide bonds. The van der Waals surface area contributed by atoms with Crippen LogP contribution in [0.2, 0.25) is 0 Å². The second-order valence-electron chi connectivity index (χ2n) is 7.94. The summed E-state index contributed by atoms with van der Waals surface area (Å²) in [5.74, 6) is -0.594. The number of esters is 1. The highest BCUT2D eigenvalue weighted by atomic mass is 32.1. The fraction of sp³-hybridized carbons (Fsp3) is 0.269. The summed E-state index contributed by atoms with van der Waals surface area (Å²) in [6, 6.07) is 16.5. The van der Waals surface area contributed by atoms with Crippen molar-refractivity contribution in [2.24, 2.45) is 0 Å². The molecule has 3 rings (SSSR count). The third kappa shape index (κ3) is 6.08. The largest absolute Gasteiger partial charge is 0.459 e. The van der Waals surface area contributed by atoms with Crippen LogP contribution in [-0.4, -0.2) is 34.5 Å². The van der Waals surface area contributed by atoms with Gasteiger partial charge in [-0.15, -0.1) is 0 Å². The predicted molar refractivity (Wildman–Crippen MR) is 135 cm³/mol. The molecule has 1 aliphatic rings. The van der Waals surface area contributed by atoms with Gasteiger partial charge in [0.2, 0.25) is 5.91 Å². The molecule has 0 aliphatic carbocycles. The number of thiocarbonyl (C=S) groups is 1. The number of anilines is 1. The predicted octanol–water partition coefficient (Wildman–Crippen LogP) is 4.82. The van der Waals surface area contributed by atoms with Gasteiger partial charge in [0.1, 0.15) is 0 Å². The molecule has 1 heterocycles. The molecule has 0 unspecified atom stereocenters. The number of benzene rings is 2. The van der Waals surface area contributed by atoms with E-state index in [1.165, 1.54) is 6.08 Å². The molecule has 2 aromatic rings. The zero-order chi connectivity index (χ0) is 24.0. The van der Waals surface area contributed by atoms with Crippen LogP contribution in [0.4, 0.5) is 5.69 Å². The van der Waals surface area contributed by atoms with Crippen LogP contribution in [0.3, 0.4) is 0 Å². The van der Waals surface area contributed by atoms with E-state index in [0.29, 0.717) is 22.9 Å².